The molecule has 0 aliphatic heterocycles. The number of carboxylic acid groups (broad SMARTS) is 1. The van der Waals surface area contributed by atoms with E-state index in [4.69, 9.17) is 5.11 Å². The molecule has 0 saturated heterocycles. The van der Waals surface area contributed by atoms with E-state index in [9.17, 15) is 9.59 Å². The molecule has 1 atom stereocenters. The van der Waals surface area contributed by atoms with Crippen molar-refractivity contribution >= 4 is 11.9 Å². The lowest BCUT2D eigenvalue weighted by molar-refractivity contribution is -0.138. The number of amides is 1. The molecule has 0 rings (SSSR count). The Bertz CT molecular complexity index is 319. The minimum atomic E-state index is -0.820. The molecule has 0 bridgehead atoms. The SMILES string of the molecule is CC=CC=CC(=O)NC[C@H](CC(=O)O)CC(C)C. The highest BCUT2D eigenvalue weighted by molar-refractivity contribution is 5.87. The van der Waals surface area contributed by atoms with Crippen molar-refractivity contribution in [2.45, 2.75) is 33.6 Å². The third kappa shape index (κ3) is 9.63. The minimum Gasteiger partial charge on any atom is -0.481 e. The summed E-state index contributed by atoms with van der Waals surface area (Å²) in [4.78, 5) is 22.1. The molecule has 0 fully saturated rings. The second-order valence-electron chi connectivity index (χ2n) is 4.72. The number of carbonyl (C=O) groups excluding carboxylic acids is 1. The Kier molecular flexibility index (Phi) is 8.62. The molecule has 0 heterocycles. The number of hydrogen-bond donors (Lipinski definition) is 2. The molecule has 0 spiro atoms. The van der Waals surface area contributed by atoms with Crippen molar-refractivity contribution in [3.63, 3.8) is 0 Å². The van der Waals surface area contributed by atoms with Crippen molar-refractivity contribution < 1.29 is 14.7 Å². The number of carboxylic acids is 1. The monoisotopic (exact) mass is 253 g/mol. The van der Waals surface area contributed by atoms with Crippen molar-refractivity contribution in [3.8, 4) is 0 Å². The summed E-state index contributed by atoms with van der Waals surface area (Å²) in [5, 5.41) is 11.5. The van der Waals surface area contributed by atoms with Gasteiger partial charge in [-0.05, 0) is 25.2 Å². The molecule has 0 aromatic heterocycles. The van der Waals surface area contributed by atoms with Gasteiger partial charge in [-0.2, -0.15) is 0 Å². The average Bonchev–Trinajstić information content (AvgIpc) is 2.25. The van der Waals surface area contributed by atoms with Gasteiger partial charge in [-0.25, -0.2) is 0 Å². The Hall–Kier alpha value is -1.58. The Morgan fingerprint density at radius 2 is 1.94 bits per heavy atom. The van der Waals surface area contributed by atoms with Gasteiger partial charge in [0.05, 0.1) is 0 Å². The van der Waals surface area contributed by atoms with Crippen LogP contribution in [0.1, 0.15) is 33.6 Å². The van der Waals surface area contributed by atoms with E-state index in [2.05, 4.69) is 5.32 Å². The highest BCUT2D eigenvalue weighted by atomic mass is 16.4. The first-order valence-corrected chi connectivity index (χ1v) is 6.24. The van der Waals surface area contributed by atoms with Gasteiger partial charge in [-0.15, -0.1) is 0 Å². The average molecular weight is 253 g/mol. The fourth-order valence-corrected chi connectivity index (χ4v) is 1.71. The van der Waals surface area contributed by atoms with E-state index in [0.717, 1.165) is 6.42 Å². The Balaban J connectivity index is 4.16. The van der Waals surface area contributed by atoms with Crippen LogP contribution < -0.4 is 5.32 Å². The number of nitrogens with one attached hydrogen (secondary N) is 1. The summed E-state index contributed by atoms with van der Waals surface area (Å²) in [5.41, 5.74) is 0. The van der Waals surface area contributed by atoms with Crippen molar-refractivity contribution in [1.29, 1.82) is 0 Å². The summed E-state index contributed by atoms with van der Waals surface area (Å²) >= 11 is 0. The fraction of sp³-hybridized carbons (Fsp3) is 0.571. The fourth-order valence-electron chi connectivity index (χ4n) is 1.71. The maximum absolute atomic E-state index is 11.4. The van der Waals surface area contributed by atoms with Crippen molar-refractivity contribution in [2.75, 3.05) is 6.54 Å². The van der Waals surface area contributed by atoms with Crippen molar-refractivity contribution in [3.05, 3.63) is 24.3 Å². The Morgan fingerprint density at radius 3 is 2.44 bits per heavy atom. The van der Waals surface area contributed by atoms with Crippen LogP contribution in [0.2, 0.25) is 0 Å². The van der Waals surface area contributed by atoms with Crippen LogP contribution in [0.15, 0.2) is 24.3 Å². The van der Waals surface area contributed by atoms with Crippen LogP contribution in [0.4, 0.5) is 0 Å². The third-order valence-electron chi connectivity index (χ3n) is 2.38. The molecular formula is C14H23NO3. The molecule has 4 heteroatoms. The van der Waals surface area contributed by atoms with Gasteiger partial charge in [0.15, 0.2) is 0 Å². The molecule has 0 radical (unpaired) electrons. The van der Waals surface area contributed by atoms with E-state index in [1.165, 1.54) is 6.08 Å². The summed E-state index contributed by atoms with van der Waals surface area (Å²) < 4.78 is 0. The van der Waals surface area contributed by atoms with Crippen molar-refractivity contribution in [1.82, 2.24) is 5.32 Å². The zero-order chi connectivity index (χ0) is 14.0. The second-order valence-corrected chi connectivity index (χ2v) is 4.72. The van der Waals surface area contributed by atoms with E-state index in [0.29, 0.717) is 12.5 Å². The predicted octanol–water partition coefficient (Wildman–Crippen LogP) is 2.37. The van der Waals surface area contributed by atoms with Crippen LogP contribution in [0.25, 0.3) is 0 Å². The van der Waals surface area contributed by atoms with Gasteiger partial charge >= 0.3 is 5.97 Å². The van der Waals surface area contributed by atoms with Crippen LogP contribution in [-0.2, 0) is 9.59 Å². The van der Waals surface area contributed by atoms with Gasteiger partial charge in [0, 0.05) is 19.0 Å². The van der Waals surface area contributed by atoms with Gasteiger partial charge in [0.25, 0.3) is 0 Å². The van der Waals surface area contributed by atoms with Gasteiger partial charge in [-0.1, -0.05) is 32.1 Å². The lowest BCUT2D eigenvalue weighted by atomic mass is 9.94. The quantitative estimate of drug-likeness (QED) is 0.515. The first kappa shape index (κ1) is 16.4. The lowest BCUT2D eigenvalue weighted by Gasteiger charge is -2.17. The summed E-state index contributed by atoms with van der Waals surface area (Å²) in [6.45, 7) is 6.36. The van der Waals surface area contributed by atoms with E-state index in [1.54, 1.807) is 12.2 Å². The molecule has 0 aromatic rings. The molecule has 18 heavy (non-hydrogen) atoms. The van der Waals surface area contributed by atoms with E-state index >= 15 is 0 Å². The van der Waals surface area contributed by atoms with Gasteiger partial charge < -0.3 is 10.4 Å². The minimum absolute atomic E-state index is 0.0124. The lowest BCUT2D eigenvalue weighted by Crippen LogP contribution is -2.29. The largest absolute Gasteiger partial charge is 0.481 e. The standard InChI is InChI=1S/C14H23NO3/c1-4-5-6-7-13(16)15-10-12(8-11(2)3)9-14(17)18/h4-7,11-12H,8-10H2,1-3H3,(H,15,16)(H,17,18)/t12-/m0/s1. The maximum atomic E-state index is 11.4. The molecule has 0 aliphatic rings. The zero-order valence-corrected chi connectivity index (χ0v) is 11.3. The van der Waals surface area contributed by atoms with Gasteiger partial charge in [-0.3, -0.25) is 9.59 Å². The number of carbonyl (C=O) groups is 2. The molecule has 0 saturated carbocycles. The highest BCUT2D eigenvalue weighted by Gasteiger charge is 2.15. The maximum Gasteiger partial charge on any atom is 0.303 e. The number of aliphatic carboxylic acids is 1. The summed E-state index contributed by atoms with van der Waals surface area (Å²) in [6, 6.07) is 0. The third-order valence-corrected chi connectivity index (χ3v) is 2.38. The van der Waals surface area contributed by atoms with Crippen molar-refractivity contribution in [2.24, 2.45) is 11.8 Å². The van der Waals surface area contributed by atoms with Crippen LogP contribution >= 0.6 is 0 Å². The Labute approximate surface area is 109 Å². The first-order chi connectivity index (χ1) is 8.45. The van der Waals surface area contributed by atoms with Crippen LogP contribution in [-0.4, -0.2) is 23.5 Å². The summed E-state index contributed by atoms with van der Waals surface area (Å²) in [5.74, 6) is -0.599. The molecule has 0 unspecified atom stereocenters. The molecular weight excluding hydrogens is 230 g/mol. The smallest absolute Gasteiger partial charge is 0.303 e. The number of allylic oxidation sites excluding steroid dienone is 3. The molecule has 0 aliphatic carbocycles. The molecule has 1 amide bonds. The predicted molar refractivity (Wildman–Crippen MR) is 72.2 cm³/mol. The van der Waals surface area contributed by atoms with Crippen LogP contribution in [0, 0.1) is 11.8 Å². The van der Waals surface area contributed by atoms with Crippen LogP contribution in [0.5, 0.6) is 0 Å². The Morgan fingerprint density at radius 1 is 1.28 bits per heavy atom. The normalized spacial score (nSPS) is 13.3. The molecule has 102 valence electrons. The molecule has 4 nitrogen and oxygen atoms in total. The topological polar surface area (TPSA) is 66.4 Å². The van der Waals surface area contributed by atoms with Gasteiger partial charge in [0.1, 0.15) is 0 Å². The van der Waals surface area contributed by atoms with E-state index in [1.807, 2.05) is 26.8 Å². The summed E-state index contributed by atoms with van der Waals surface area (Å²) in [7, 11) is 0. The zero-order valence-electron chi connectivity index (χ0n) is 11.3. The number of hydrogen-bond acceptors (Lipinski definition) is 2. The van der Waals surface area contributed by atoms with Crippen LogP contribution in [0.3, 0.4) is 0 Å². The summed E-state index contributed by atoms with van der Waals surface area (Å²) in [6.07, 6.45) is 7.58. The molecule has 0 aromatic carbocycles. The van der Waals surface area contributed by atoms with Gasteiger partial charge in [0.2, 0.25) is 5.91 Å². The number of rotatable bonds is 8. The second kappa shape index (κ2) is 9.45. The van der Waals surface area contributed by atoms with E-state index in [-0.39, 0.29) is 18.2 Å². The first-order valence-electron chi connectivity index (χ1n) is 6.24. The molecule has 2 N–H and O–H groups in total. The van der Waals surface area contributed by atoms with E-state index < -0.39 is 5.97 Å². The highest BCUT2D eigenvalue weighted by Crippen LogP contribution is 2.14.